The molecule has 13 heteroatoms. The minimum atomic E-state index is -3.71. The molecule has 2 aromatic carbocycles. The van der Waals surface area contributed by atoms with Crippen molar-refractivity contribution in [2.24, 2.45) is 0 Å². The average molecular weight is 556 g/mol. The van der Waals surface area contributed by atoms with Gasteiger partial charge in [-0.25, -0.2) is 4.98 Å². The van der Waals surface area contributed by atoms with Crippen molar-refractivity contribution in [3.05, 3.63) is 81.9 Å². The number of hydrogen-bond acceptors (Lipinski definition) is 10. The number of nitrogen functional groups attached to an aromatic ring is 1. The summed E-state index contributed by atoms with van der Waals surface area (Å²) >= 11 is 0. The van der Waals surface area contributed by atoms with Crippen LogP contribution >= 0.6 is 7.60 Å². The van der Waals surface area contributed by atoms with E-state index in [1.807, 2.05) is 37.3 Å². The number of nitrogens with zero attached hydrogens (tertiary/aromatic N) is 3. The number of nitrogens with two attached hydrogens (primary N) is 1. The van der Waals surface area contributed by atoms with Crippen molar-refractivity contribution in [3.8, 4) is 5.75 Å². The van der Waals surface area contributed by atoms with Crippen LogP contribution < -0.4 is 16.0 Å². The Hall–Kier alpha value is -3.83. The van der Waals surface area contributed by atoms with Gasteiger partial charge in [0.15, 0.2) is 16.9 Å². The van der Waals surface area contributed by atoms with E-state index in [-0.39, 0.29) is 43.2 Å². The van der Waals surface area contributed by atoms with Gasteiger partial charge in [-0.2, -0.15) is 4.98 Å². The number of anilines is 1. The number of imidazole rings is 1. The third kappa shape index (κ3) is 7.39. The van der Waals surface area contributed by atoms with Crippen molar-refractivity contribution in [2.75, 3.05) is 38.8 Å². The van der Waals surface area contributed by atoms with Crippen LogP contribution in [0, 0.1) is 6.92 Å². The Balaban J connectivity index is 1.35. The van der Waals surface area contributed by atoms with E-state index in [9.17, 15) is 14.2 Å². The number of ketones is 1. The smallest absolute Gasteiger partial charge is 0.333 e. The third-order valence-electron chi connectivity index (χ3n) is 5.87. The zero-order valence-corrected chi connectivity index (χ0v) is 22.6. The van der Waals surface area contributed by atoms with Crippen LogP contribution in [0.15, 0.2) is 59.7 Å². The highest BCUT2D eigenvalue weighted by molar-refractivity contribution is 7.53. The molecule has 3 N–H and O–H groups in total. The quantitative estimate of drug-likeness (QED) is 0.134. The number of carbonyl (C=O) groups is 1. The first-order valence-corrected chi connectivity index (χ1v) is 13.9. The lowest BCUT2D eigenvalue weighted by Crippen LogP contribution is -2.15. The Kier molecular flexibility index (Phi) is 9.26. The van der Waals surface area contributed by atoms with Crippen LogP contribution in [0.5, 0.6) is 5.75 Å². The van der Waals surface area contributed by atoms with Crippen molar-refractivity contribution in [3.63, 3.8) is 0 Å². The van der Waals surface area contributed by atoms with E-state index < -0.39 is 19.8 Å². The van der Waals surface area contributed by atoms with Crippen LogP contribution in [0.25, 0.3) is 11.2 Å². The molecule has 1 unspecified atom stereocenters. The van der Waals surface area contributed by atoms with Gasteiger partial charge in [0, 0.05) is 12.1 Å². The van der Waals surface area contributed by atoms with Gasteiger partial charge < -0.3 is 28.8 Å². The molecule has 0 saturated heterocycles. The van der Waals surface area contributed by atoms with Gasteiger partial charge in [-0.1, -0.05) is 42.5 Å². The Morgan fingerprint density at radius 3 is 2.69 bits per heavy atom. The number of aromatic amines is 1. The molecule has 12 nitrogen and oxygen atoms in total. The minimum absolute atomic E-state index is 0.0116. The number of carbonyl (C=O) groups excluding carboxylic acids is 1. The SMILES string of the molecule is COc1cc(C(=O)COP(=O)(CCOCCn2cnc3c(=O)[nH]c(N)nc32)OCc2ccccc2)ccc1C. The molecule has 0 fully saturated rings. The number of hydrogen-bond donors (Lipinski definition) is 2. The lowest BCUT2D eigenvalue weighted by Gasteiger charge is -2.19. The molecule has 2 aromatic heterocycles. The summed E-state index contributed by atoms with van der Waals surface area (Å²) in [5.41, 5.74) is 7.79. The molecule has 0 spiro atoms. The van der Waals surface area contributed by atoms with Crippen molar-refractivity contribution >= 4 is 30.5 Å². The van der Waals surface area contributed by atoms with Gasteiger partial charge in [0.1, 0.15) is 12.4 Å². The number of rotatable bonds is 14. The second-order valence-electron chi connectivity index (χ2n) is 8.65. The molecule has 4 aromatic rings. The topological polar surface area (TPSA) is 161 Å². The molecule has 0 aliphatic heterocycles. The standard InChI is InChI=1S/C26H30N5O7P/c1-18-8-9-20(14-22(18)35-2)21(32)16-38-39(34,37-15-19-6-4-3-5-7-19)13-12-36-11-10-31-17-28-23-24(31)29-26(27)30-25(23)33/h3-9,14,17H,10-13,15-16H2,1-2H3,(H3,27,29,30,33). The number of Topliss-reactive ketones (excluding diaryl/α,β-unsaturated/α-hetero) is 1. The maximum absolute atomic E-state index is 13.6. The first kappa shape index (κ1) is 28.2. The van der Waals surface area contributed by atoms with Crippen molar-refractivity contribution in [2.45, 2.75) is 20.1 Å². The van der Waals surface area contributed by atoms with Crippen molar-refractivity contribution < 1.29 is 27.9 Å². The molecular formula is C26H30N5O7P. The predicted octanol–water partition coefficient (Wildman–Crippen LogP) is 3.34. The van der Waals surface area contributed by atoms with E-state index in [0.29, 0.717) is 23.5 Å². The number of aryl methyl sites for hydroxylation is 1. The minimum Gasteiger partial charge on any atom is -0.496 e. The third-order valence-corrected chi connectivity index (χ3v) is 7.65. The molecule has 0 amide bonds. The van der Waals surface area contributed by atoms with Crippen LogP contribution in [0.1, 0.15) is 21.5 Å². The Morgan fingerprint density at radius 2 is 1.92 bits per heavy atom. The van der Waals surface area contributed by atoms with Crippen LogP contribution in [0.3, 0.4) is 0 Å². The number of methoxy groups -OCH3 is 1. The molecule has 0 radical (unpaired) electrons. The number of fused-ring (bicyclic) bond motifs is 1. The van der Waals surface area contributed by atoms with Crippen molar-refractivity contribution in [1.29, 1.82) is 0 Å². The predicted molar refractivity (Wildman–Crippen MR) is 145 cm³/mol. The Morgan fingerprint density at radius 1 is 1.13 bits per heavy atom. The highest BCUT2D eigenvalue weighted by Crippen LogP contribution is 2.48. The van der Waals surface area contributed by atoms with Gasteiger partial charge in [-0.3, -0.25) is 19.1 Å². The van der Waals surface area contributed by atoms with Gasteiger partial charge in [0.25, 0.3) is 5.56 Å². The van der Waals surface area contributed by atoms with E-state index >= 15 is 0 Å². The number of benzene rings is 2. The normalized spacial score (nSPS) is 12.9. The van der Waals surface area contributed by atoms with Gasteiger partial charge in [-0.15, -0.1) is 0 Å². The molecular weight excluding hydrogens is 525 g/mol. The second-order valence-corrected chi connectivity index (χ2v) is 10.8. The Bertz CT molecular complexity index is 1540. The van der Waals surface area contributed by atoms with Gasteiger partial charge in [0.2, 0.25) is 5.95 Å². The summed E-state index contributed by atoms with van der Waals surface area (Å²) in [6, 6.07) is 14.3. The van der Waals surface area contributed by atoms with E-state index in [0.717, 1.165) is 11.1 Å². The molecule has 0 bridgehead atoms. The van der Waals surface area contributed by atoms with Crippen LogP contribution in [-0.2, 0) is 31.5 Å². The fraction of sp³-hybridized carbons (Fsp3) is 0.308. The second kappa shape index (κ2) is 12.8. The number of ether oxygens (including phenoxy) is 2. The van der Waals surface area contributed by atoms with Crippen LogP contribution in [0.2, 0.25) is 0 Å². The highest BCUT2D eigenvalue weighted by atomic mass is 31.2. The van der Waals surface area contributed by atoms with Gasteiger partial charge in [-0.05, 0) is 24.1 Å². The molecule has 0 aliphatic rings. The lowest BCUT2D eigenvalue weighted by atomic mass is 10.1. The van der Waals surface area contributed by atoms with Gasteiger partial charge in [0.05, 0.1) is 39.4 Å². The monoisotopic (exact) mass is 555 g/mol. The molecule has 0 aliphatic carbocycles. The average Bonchev–Trinajstić information content (AvgIpc) is 3.34. The molecule has 2 heterocycles. The molecule has 1 atom stereocenters. The number of H-pyrrole nitrogens is 1. The summed E-state index contributed by atoms with van der Waals surface area (Å²) < 4.78 is 37.5. The van der Waals surface area contributed by atoms with Crippen molar-refractivity contribution in [1.82, 2.24) is 19.5 Å². The lowest BCUT2D eigenvalue weighted by molar-refractivity contribution is 0.0885. The molecule has 4 rings (SSSR count). The summed E-state index contributed by atoms with van der Waals surface area (Å²) in [7, 11) is -2.18. The largest absolute Gasteiger partial charge is 0.496 e. The summed E-state index contributed by atoms with van der Waals surface area (Å²) in [5.74, 6) is 0.208. The van der Waals surface area contributed by atoms with E-state index in [4.69, 9.17) is 24.3 Å². The summed E-state index contributed by atoms with van der Waals surface area (Å²) in [6.45, 7) is 2.07. The van der Waals surface area contributed by atoms with Gasteiger partial charge >= 0.3 is 7.60 Å². The first-order chi connectivity index (χ1) is 18.8. The number of nitrogens with one attached hydrogen (secondary N) is 1. The molecule has 39 heavy (non-hydrogen) atoms. The zero-order valence-electron chi connectivity index (χ0n) is 21.7. The van der Waals surface area contributed by atoms with E-state index in [1.165, 1.54) is 13.4 Å². The van der Waals surface area contributed by atoms with E-state index in [1.54, 1.807) is 22.8 Å². The molecule has 0 saturated carbocycles. The fourth-order valence-electron chi connectivity index (χ4n) is 3.72. The van der Waals surface area contributed by atoms with Crippen LogP contribution in [-0.4, -0.2) is 58.4 Å². The van der Waals surface area contributed by atoms with E-state index in [2.05, 4.69) is 15.0 Å². The number of aromatic nitrogens is 4. The molecule has 206 valence electrons. The van der Waals surface area contributed by atoms with Crippen LogP contribution in [0.4, 0.5) is 5.95 Å². The Labute approximate surface area is 224 Å². The summed E-state index contributed by atoms with van der Waals surface area (Å²) in [4.78, 5) is 35.3. The summed E-state index contributed by atoms with van der Waals surface area (Å²) in [5, 5.41) is 0. The summed E-state index contributed by atoms with van der Waals surface area (Å²) in [6.07, 6.45) is 1.40. The first-order valence-electron chi connectivity index (χ1n) is 12.2. The zero-order chi connectivity index (χ0) is 27.8. The fourth-order valence-corrected chi connectivity index (χ4v) is 5.07. The highest BCUT2D eigenvalue weighted by Gasteiger charge is 2.26. The maximum atomic E-state index is 13.6. The maximum Gasteiger partial charge on any atom is 0.333 e.